The molecule has 0 unspecified atom stereocenters. The fourth-order valence-corrected chi connectivity index (χ4v) is 5.70. The van der Waals surface area contributed by atoms with E-state index in [4.69, 9.17) is 4.98 Å². The molecule has 2 heterocycles. The molecule has 0 N–H and O–H groups in total. The maximum absolute atomic E-state index is 13.6. The number of thioether (sulfide) groups is 1. The molecule has 4 rings (SSSR count). The van der Waals surface area contributed by atoms with E-state index in [0.717, 1.165) is 45.2 Å². The van der Waals surface area contributed by atoms with Gasteiger partial charge >= 0.3 is 0 Å². The van der Waals surface area contributed by atoms with Crippen molar-refractivity contribution in [3.8, 4) is 5.69 Å². The van der Waals surface area contributed by atoms with E-state index in [9.17, 15) is 4.79 Å². The van der Waals surface area contributed by atoms with E-state index in [1.807, 2.05) is 30.3 Å². The topological polar surface area (TPSA) is 34.9 Å². The van der Waals surface area contributed by atoms with Crippen LogP contribution in [0.1, 0.15) is 34.9 Å². The SMILES string of the molecule is CCCc1sc2nc(SCc3ccc(C)cc3)n(-c3ccccc3)c(=O)c2c1C. The van der Waals surface area contributed by atoms with Crippen LogP contribution in [0.25, 0.3) is 15.9 Å². The van der Waals surface area contributed by atoms with Crippen molar-refractivity contribution >= 4 is 33.3 Å². The first-order valence-electron chi connectivity index (χ1n) is 9.87. The molecule has 0 aliphatic heterocycles. The van der Waals surface area contributed by atoms with E-state index in [1.165, 1.54) is 16.0 Å². The van der Waals surface area contributed by atoms with Crippen molar-refractivity contribution in [2.75, 3.05) is 0 Å². The summed E-state index contributed by atoms with van der Waals surface area (Å²) >= 11 is 3.28. The van der Waals surface area contributed by atoms with Gasteiger partial charge in [0.25, 0.3) is 5.56 Å². The molecule has 3 nitrogen and oxygen atoms in total. The van der Waals surface area contributed by atoms with E-state index in [0.29, 0.717) is 0 Å². The van der Waals surface area contributed by atoms with Crippen LogP contribution in [0.3, 0.4) is 0 Å². The Kier molecular flexibility index (Phi) is 5.88. The Morgan fingerprint density at radius 2 is 1.76 bits per heavy atom. The number of hydrogen-bond donors (Lipinski definition) is 0. The summed E-state index contributed by atoms with van der Waals surface area (Å²) in [6.07, 6.45) is 2.05. The highest BCUT2D eigenvalue weighted by atomic mass is 32.2. The normalized spacial score (nSPS) is 11.3. The van der Waals surface area contributed by atoms with Gasteiger partial charge in [0.15, 0.2) is 5.16 Å². The molecule has 0 amide bonds. The number of rotatable bonds is 6. The Hall–Kier alpha value is -2.37. The monoisotopic (exact) mass is 420 g/mol. The van der Waals surface area contributed by atoms with Crippen molar-refractivity contribution < 1.29 is 0 Å². The first kappa shape index (κ1) is 19.9. The predicted molar refractivity (Wildman–Crippen MR) is 125 cm³/mol. The molecule has 4 aromatic rings. The zero-order valence-corrected chi connectivity index (χ0v) is 18.6. The number of thiophene rings is 1. The maximum atomic E-state index is 13.6. The van der Waals surface area contributed by atoms with Gasteiger partial charge in [0.2, 0.25) is 0 Å². The van der Waals surface area contributed by atoms with Crippen molar-refractivity contribution in [2.45, 2.75) is 44.5 Å². The van der Waals surface area contributed by atoms with Crippen LogP contribution in [0.2, 0.25) is 0 Å². The summed E-state index contributed by atoms with van der Waals surface area (Å²) in [5.74, 6) is 0.775. The molecule has 0 aliphatic rings. The first-order valence-corrected chi connectivity index (χ1v) is 11.7. The highest BCUT2D eigenvalue weighted by Crippen LogP contribution is 2.31. The molecular weight excluding hydrogens is 396 g/mol. The van der Waals surface area contributed by atoms with E-state index >= 15 is 0 Å². The van der Waals surface area contributed by atoms with Gasteiger partial charge in [-0.1, -0.05) is 73.1 Å². The fraction of sp³-hybridized carbons (Fsp3) is 0.250. The highest BCUT2D eigenvalue weighted by molar-refractivity contribution is 7.98. The van der Waals surface area contributed by atoms with E-state index in [2.05, 4.69) is 45.0 Å². The fourth-order valence-electron chi connectivity index (χ4n) is 3.41. The summed E-state index contributed by atoms with van der Waals surface area (Å²) in [5.41, 5.74) is 4.45. The lowest BCUT2D eigenvalue weighted by Crippen LogP contribution is -2.21. The standard InChI is InChI=1S/C24H24N2OS2/c1-4-8-20-17(3)21-22(29-20)25-24(28-15-18-13-11-16(2)12-14-18)26(23(21)27)19-9-6-5-7-10-19/h5-7,9-14H,4,8,15H2,1-3H3. The second-order valence-corrected chi connectivity index (χ2v) is 9.25. The van der Waals surface area contributed by atoms with E-state index in [1.54, 1.807) is 27.7 Å². The molecule has 148 valence electrons. The molecule has 0 spiro atoms. The minimum absolute atomic E-state index is 0.0312. The zero-order valence-electron chi connectivity index (χ0n) is 16.9. The summed E-state index contributed by atoms with van der Waals surface area (Å²) in [6.45, 7) is 6.32. The van der Waals surface area contributed by atoms with Gasteiger partial charge in [-0.15, -0.1) is 11.3 Å². The van der Waals surface area contributed by atoms with Gasteiger partial charge in [0.05, 0.1) is 11.1 Å². The molecule has 0 atom stereocenters. The summed E-state index contributed by atoms with van der Waals surface area (Å²) < 4.78 is 1.77. The van der Waals surface area contributed by atoms with Crippen molar-refractivity contribution in [1.29, 1.82) is 0 Å². The number of nitrogens with zero attached hydrogens (tertiary/aromatic N) is 2. The van der Waals surface area contributed by atoms with Crippen LogP contribution in [0, 0.1) is 13.8 Å². The van der Waals surface area contributed by atoms with Gasteiger partial charge in [0, 0.05) is 10.6 Å². The first-order chi connectivity index (χ1) is 14.1. The van der Waals surface area contributed by atoms with Gasteiger partial charge in [-0.2, -0.15) is 0 Å². The molecule has 0 radical (unpaired) electrons. The number of para-hydroxylation sites is 1. The van der Waals surface area contributed by atoms with Gasteiger partial charge in [-0.25, -0.2) is 4.98 Å². The molecule has 0 aliphatic carbocycles. The van der Waals surface area contributed by atoms with E-state index in [-0.39, 0.29) is 5.56 Å². The number of benzene rings is 2. The Morgan fingerprint density at radius 1 is 1.03 bits per heavy atom. The third-order valence-corrected chi connectivity index (χ3v) is 7.27. The molecular formula is C24H24N2OS2. The van der Waals surface area contributed by atoms with Crippen LogP contribution >= 0.6 is 23.1 Å². The highest BCUT2D eigenvalue weighted by Gasteiger charge is 2.19. The van der Waals surface area contributed by atoms with Crippen molar-refractivity contribution in [2.24, 2.45) is 0 Å². The Morgan fingerprint density at radius 3 is 2.45 bits per heavy atom. The summed E-state index contributed by atoms with van der Waals surface area (Å²) in [7, 11) is 0. The average Bonchev–Trinajstić information content (AvgIpc) is 3.04. The van der Waals surface area contributed by atoms with Gasteiger partial charge < -0.3 is 0 Å². The average molecular weight is 421 g/mol. The second kappa shape index (κ2) is 8.56. The van der Waals surface area contributed by atoms with E-state index < -0.39 is 0 Å². The minimum atomic E-state index is 0.0312. The Bertz CT molecular complexity index is 1190. The molecule has 29 heavy (non-hydrogen) atoms. The largest absolute Gasteiger partial charge is 0.268 e. The van der Waals surface area contributed by atoms with Crippen LogP contribution in [0.15, 0.2) is 64.5 Å². The van der Waals surface area contributed by atoms with Crippen molar-refractivity contribution in [1.82, 2.24) is 9.55 Å². The Balaban J connectivity index is 1.84. The van der Waals surface area contributed by atoms with Gasteiger partial charge in [0.1, 0.15) is 4.83 Å². The number of hydrogen-bond acceptors (Lipinski definition) is 4. The number of fused-ring (bicyclic) bond motifs is 1. The van der Waals surface area contributed by atoms with Crippen LogP contribution in [0.5, 0.6) is 0 Å². The van der Waals surface area contributed by atoms with Crippen LogP contribution in [0.4, 0.5) is 0 Å². The lowest BCUT2D eigenvalue weighted by molar-refractivity contribution is 0.821. The quantitative estimate of drug-likeness (QED) is 0.271. The third kappa shape index (κ3) is 4.02. The molecule has 0 fully saturated rings. The van der Waals surface area contributed by atoms with Gasteiger partial charge in [-0.3, -0.25) is 9.36 Å². The second-order valence-electron chi connectivity index (χ2n) is 7.23. The number of aromatic nitrogens is 2. The molecule has 2 aromatic carbocycles. The molecule has 5 heteroatoms. The minimum Gasteiger partial charge on any atom is -0.268 e. The molecule has 2 aromatic heterocycles. The molecule has 0 saturated carbocycles. The Labute approximate surface area is 179 Å². The van der Waals surface area contributed by atoms with Crippen LogP contribution in [-0.2, 0) is 12.2 Å². The lowest BCUT2D eigenvalue weighted by Gasteiger charge is -2.12. The third-order valence-electron chi connectivity index (χ3n) is 5.01. The van der Waals surface area contributed by atoms with Gasteiger partial charge in [-0.05, 0) is 43.5 Å². The maximum Gasteiger partial charge on any atom is 0.267 e. The molecule has 0 bridgehead atoms. The summed E-state index contributed by atoms with van der Waals surface area (Å²) in [6, 6.07) is 18.4. The number of aryl methyl sites for hydroxylation is 3. The lowest BCUT2D eigenvalue weighted by atomic mass is 10.1. The van der Waals surface area contributed by atoms with Crippen molar-refractivity contribution in [3.63, 3.8) is 0 Å². The summed E-state index contributed by atoms with van der Waals surface area (Å²) in [5, 5.41) is 1.51. The molecule has 0 saturated heterocycles. The predicted octanol–water partition coefficient (Wildman–Crippen LogP) is 6.31. The van der Waals surface area contributed by atoms with Crippen LogP contribution < -0.4 is 5.56 Å². The smallest absolute Gasteiger partial charge is 0.267 e. The summed E-state index contributed by atoms with van der Waals surface area (Å²) in [4.78, 5) is 20.6. The van der Waals surface area contributed by atoms with Crippen molar-refractivity contribution in [3.05, 3.63) is 86.5 Å². The van der Waals surface area contributed by atoms with Crippen LogP contribution in [-0.4, -0.2) is 9.55 Å². The zero-order chi connectivity index (χ0) is 20.4.